The van der Waals surface area contributed by atoms with E-state index >= 15 is 0 Å². The molecule has 0 aromatic heterocycles. The van der Waals surface area contributed by atoms with E-state index in [1.54, 1.807) is 30.8 Å². The largest absolute Gasteiger partial charge is 0.463 e. The molecule has 1 saturated carbocycles. The predicted molar refractivity (Wildman–Crippen MR) is 141 cm³/mol. The lowest BCUT2D eigenvalue weighted by atomic mass is 9.93. The summed E-state index contributed by atoms with van der Waals surface area (Å²) < 4.78 is 45.3. The Morgan fingerprint density at radius 3 is 2.51 bits per heavy atom. The topological polar surface area (TPSA) is 55.4 Å². The number of benzene rings is 2. The Balaban J connectivity index is 1.74. The van der Waals surface area contributed by atoms with Crippen LogP contribution in [-0.2, 0) is 9.53 Å². The fourth-order valence-corrected chi connectivity index (χ4v) is 6.53. The van der Waals surface area contributed by atoms with Crippen molar-refractivity contribution in [3.05, 3.63) is 70.5 Å². The second-order valence-electron chi connectivity index (χ2n) is 9.59. The number of nitrogens with one attached hydrogen (secondary N) is 1. The van der Waals surface area contributed by atoms with E-state index in [0.717, 1.165) is 29.9 Å². The van der Waals surface area contributed by atoms with E-state index in [1.165, 1.54) is 12.1 Å². The molecule has 2 aromatic rings. The number of allylic oxidation sites excluding steroid dienone is 1. The standard InChI is InChI=1S/C28H31ClF3NO3S/c1-5-36-25(34)9-6-15(2)10-19-11-16(3)17(4)27(19)37-24-12-18(7-8-21(24)29)28(35)33-20-13-22(30)26(32)23(31)14-20/h6-9,12-17,19,27H,5,10-11H2,1-4H3,(H,33,35)/b9-6+. The summed E-state index contributed by atoms with van der Waals surface area (Å²) >= 11 is 8.11. The zero-order valence-electron chi connectivity index (χ0n) is 21.2. The van der Waals surface area contributed by atoms with Crippen LogP contribution in [0.4, 0.5) is 18.9 Å². The molecule has 1 N–H and O–H groups in total. The van der Waals surface area contributed by atoms with Crippen molar-refractivity contribution in [1.29, 1.82) is 0 Å². The summed E-state index contributed by atoms with van der Waals surface area (Å²) in [6.45, 7) is 8.62. The Bertz CT molecular complexity index is 1150. The van der Waals surface area contributed by atoms with Crippen LogP contribution in [0.2, 0.25) is 5.02 Å². The third-order valence-corrected chi connectivity index (χ3v) is 8.89. The normalized spacial score (nSPS) is 22.3. The van der Waals surface area contributed by atoms with E-state index in [-0.39, 0.29) is 28.4 Å². The summed E-state index contributed by atoms with van der Waals surface area (Å²) in [5.41, 5.74) is 0.0757. The molecule has 1 aliphatic rings. The summed E-state index contributed by atoms with van der Waals surface area (Å²) in [6, 6.07) is 6.26. The highest BCUT2D eigenvalue weighted by Crippen LogP contribution is 2.49. The van der Waals surface area contributed by atoms with Gasteiger partial charge >= 0.3 is 5.97 Å². The fraction of sp³-hybridized carbons (Fsp3) is 0.429. The number of ether oxygens (including phenoxy) is 1. The Morgan fingerprint density at radius 2 is 1.86 bits per heavy atom. The van der Waals surface area contributed by atoms with Gasteiger partial charge in [-0.3, -0.25) is 4.79 Å². The van der Waals surface area contributed by atoms with Crippen molar-refractivity contribution in [1.82, 2.24) is 0 Å². The molecule has 37 heavy (non-hydrogen) atoms. The molecule has 0 bridgehead atoms. The quantitative estimate of drug-likeness (QED) is 0.195. The van der Waals surface area contributed by atoms with Crippen molar-refractivity contribution < 1.29 is 27.5 Å². The second-order valence-corrected chi connectivity index (χ2v) is 11.2. The van der Waals surface area contributed by atoms with Crippen LogP contribution in [0.5, 0.6) is 0 Å². The zero-order valence-corrected chi connectivity index (χ0v) is 22.8. The first-order valence-electron chi connectivity index (χ1n) is 12.3. The molecule has 0 saturated heterocycles. The van der Waals surface area contributed by atoms with Gasteiger partial charge in [-0.15, -0.1) is 11.8 Å². The number of anilines is 1. The molecule has 5 atom stereocenters. The molecule has 3 rings (SSSR count). The van der Waals surface area contributed by atoms with Crippen LogP contribution in [0, 0.1) is 41.1 Å². The van der Waals surface area contributed by atoms with Crippen molar-refractivity contribution >= 4 is 40.9 Å². The molecule has 0 heterocycles. The van der Waals surface area contributed by atoms with E-state index in [9.17, 15) is 22.8 Å². The summed E-state index contributed by atoms with van der Waals surface area (Å²) in [7, 11) is 0. The maximum atomic E-state index is 13.5. The molecule has 5 unspecified atom stereocenters. The minimum Gasteiger partial charge on any atom is -0.463 e. The van der Waals surface area contributed by atoms with Gasteiger partial charge in [0.05, 0.1) is 11.6 Å². The van der Waals surface area contributed by atoms with Crippen molar-refractivity contribution in [2.45, 2.75) is 50.7 Å². The predicted octanol–water partition coefficient (Wildman–Crippen LogP) is 7.91. The smallest absolute Gasteiger partial charge is 0.330 e. The van der Waals surface area contributed by atoms with Gasteiger partial charge in [0.15, 0.2) is 17.5 Å². The van der Waals surface area contributed by atoms with Gasteiger partial charge in [-0.2, -0.15) is 0 Å². The van der Waals surface area contributed by atoms with E-state index in [2.05, 4.69) is 26.1 Å². The second kappa shape index (κ2) is 12.9. The number of rotatable bonds is 9. The SMILES string of the molecule is CCOC(=O)/C=C/C(C)CC1CC(C)C(C)C1Sc1cc(C(=O)Nc2cc(F)c(F)c(F)c2)ccc1Cl. The summed E-state index contributed by atoms with van der Waals surface area (Å²) in [5.74, 6) is -3.86. The first-order valence-corrected chi connectivity index (χ1v) is 13.5. The van der Waals surface area contributed by atoms with Crippen LogP contribution in [0.1, 0.15) is 50.9 Å². The molecule has 200 valence electrons. The minimum atomic E-state index is -1.59. The highest BCUT2D eigenvalue weighted by atomic mass is 35.5. The van der Waals surface area contributed by atoms with Crippen molar-refractivity contribution in [2.75, 3.05) is 11.9 Å². The van der Waals surface area contributed by atoms with E-state index in [4.69, 9.17) is 16.3 Å². The molecule has 1 fully saturated rings. The molecule has 4 nitrogen and oxygen atoms in total. The highest BCUT2D eigenvalue weighted by Gasteiger charge is 2.39. The van der Waals surface area contributed by atoms with E-state index < -0.39 is 23.4 Å². The lowest BCUT2D eigenvalue weighted by Crippen LogP contribution is -2.19. The molecule has 0 radical (unpaired) electrons. The van der Waals surface area contributed by atoms with Crippen LogP contribution in [0.25, 0.3) is 0 Å². The lowest BCUT2D eigenvalue weighted by molar-refractivity contribution is -0.137. The number of hydrogen-bond acceptors (Lipinski definition) is 4. The first-order chi connectivity index (χ1) is 17.5. The number of hydrogen-bond donors (Lipinski definition) is 1. The molecule has 2 aromatic carbocycles. The van der Waals surface area contributed by atoms with Crippen LogP contribution < -0.4 is 5.32 Å². The van der Waals surface area contributed by atoms with E-state index in [0.29, 0.717) is 29.4 Å². The maximum Gasteiger partial charge on any atom is 0.330 e. The summed E-state index contributed by atoms with van der Waals surface area (Å²) in [5, 5.41) is 3.15. The van der Waals surface area contributed by atoms with Gasteiger partial charge in [0, 0.05) is 39.6 Å². The molecular formula is C28H31ClF3NO3S. The van der Waals surface area contributed by atoms with Gasteiger partial charge in [-0.1, -0.05) is 38.4 Å². The Labute approximate surface area is 225 Å². The monoisotopic (exact) mass is 553 g/mol. The van der Waals surface area contributed by atoms with Crippen molar-refractivity contribution in [3.63, 3.8) is 0 Å². The van der Waals surface area contributed by atoms with Crippen LogP contribution in [0.15, 0.2) is 47.4 Å². The third-order valence-electron chi connectivity index (χ3n) is 6.78. The third kappa shape index (κ3) is 7.54. The molecular weight excluding hydrogens is 523 g/mol. The van der Waals surface area contributed by atoms with Gasteiger partial charge in [0.25, 0.3) is 5.91 Å². The van der Waals surface area contributed by atoms with Crippen LogP contribution >= 0.6 is 23.4 Å². The van der Waals surface area contributed by atoms with Crippen LogP contribution in [0.3, 0.4) is 0 Å². The Hall–Kier alpha value is -2.45. The van der Waals surface area contributed by atoms with Gasteiger partial charge in [0.1, 0.15) is 0 Å². The van der Waals surface area contributed by atoms with Crippen molar-refractivity contribution in [2.24, 2.45) is 23.7 Å². The number of amides is 1. The maximum absolute atomic E-state index is 13.5. The Kier molecular flexibility index (Phi) is 10.1. The number of halogens is 4. The van der Waals surface area contributed by atoms with Gasteiger partial charge < -0.3 is 10.1 Å². The van der Waals surface area contributed by atoms with Gasteiger partial charge in [0.2, 0.25) is 0 Å². The zero-order chi connectivity index (χ0) is 27.3. The number of esters is 1. The van der Waals surface area contributed by atoms with Gasteiger partial charge in [-0.05, 0) is 61.6 Å². The first kappa shape index (κ1) is 29.1. The molecule has 1 aliphatic carbocycles. The van der Waals surface area contributed by atoms with E-state index in [1.807, 2.05) is 6.08 Å². The Morgan fingerprint density at radius 1 is 1.19 bits per heavy atom. The number of carbonyl (C=O) groups is 2. The highest BCUT2D eigenvalue weighted by molar-refractivity contribution is 8.00. The average molecular weight is 554 g/mol. The lowest BCUT2D eigenvalue weighted by Gasteiger charge is -2.25. The average Bonchev–Trinajstić information content (AvgIpc) is 3.09. The summed E-state index contributed by atoms with van der Waals surface area (Å²) in [4.78, 5) is 25.2. The fourth-order valence-electron chi connectivity index (χ4n) is 4.72. The number of carbonyl (C=O) groups excluding carboxylic acids is 2. The van der Waals surface area contributed by atoms with Crippen molar-refractivity contribution in [3.8, 4) is 0 Å². The van der Waals surface area contributed by atoms with Gasteiger partial charge in [-0.25, -0.2) is 18.0 Å². The number of thioether (sulfide) groups is 1. The molecule has 9 heteroatoms. The molecule has 1 amide bonds. The van der Waals surface area contributed by atoms with Crippen LogP contribution in [-0.4, -0.2) is 23.7 Å². The molecule has 0 spiro atoms. The summed E-state index contributed by atoms with van der Waals surface area (Å²) in [6.07, 6.45) is 5.29. The molecule has 0 aliphatic heterocycles. The minimum absolute atomic E-state index is 0.180.